The summed E-state index contributed by atoms with van der Waals surface area (Å²) in [6.45, 7) is 1.80. The highest BCUT2D eigenvalue weighted by Crippen LogP contribution is 2.14. The number of nitrogens with one attached hydrogen (secondary N) is 1. The van der Waals surface area contributed by atoms with Crippen LogP contribution in [0.15, 0.2) is 11.6 Å². The number of carboxylic acid groups (broad SMARTS) is 1. The van der Waals surface area contributed by atoms with Crippen molar-refractivity contribution in [3.05, 3.63) is 11.6 Å². The van der Waals surface area contributed by atoms with Crippen LogP contribution in [-0.2, 0) is 9.59 Å². The van der Waals surface area contributed by atoms with Crippen LogP contribution >= 0.6 is 11.3 Å². The van der Waals surface area contributed by atoms with Crippen LogP contribution in [0.2, 0.25) is 0 Å². The maximum Gasteiger partial charge on any atom is 0.306 e. The molecule has 0 aliphatic rings. The van der Waals surface area contributed by atoms with Crippen molar-refractivity contribution in [3.8, 4) is 0 Å². The predicted octanol–water partition coefficient (Wildman–Crippen LogP) is 1.97. The lowest BCUT2D eigenvalue weighted by molar-refractivity contribution is -0.142. The highest BCUT2D eigenvalue weighted by Gasteiger charge is 2.16. The van der Waals surface area contributed by atoms with E-state index in [0.717, 1.165) is 0 Å². The van der Waals surface area contributed by atoms with Crippen molar-refractivity contribution in [2.45, 2.75) is 26.2 Å². The van der Waals surface area contributed by atoms with Gasteiger partial charge in [0.1, 0.15) is 0 Å². The summed E-state index contributed by atoms with van der Waals surface area (Å²) in [5.74, 6) is -1.47. The average molecular weight is 242 g/mol. The van der Waals surface area contributed by atoms with Crippen molar-refractivity contribution in [2.75, 3.05) is 5.32 Å². The Morgan fingerprint density at radius 2 is 2.38 bits per heavy atom. The molecule has 1 aromatic heterocycles. The molecular weight excluding hydrogens is 228 g/mol. The molecule has 5 nitrogen and oxygen atoms in total. The molecule has 16 heavy (non-hydrogen) atoms. The molecule has 0 spiro atoms. The van der Waals surface area contributed by atoms with Crippen LogP contribution in [0.1, 0.15) is 26.2 Å². The Kier molecular flexibility index (Phi) is 4.91. The second-order valence-electron chi connectivity index (χ2n) is 3.37. The summed E-state index contributed by atoms with van der Waals surface area (Å²) in [4.78, 5) is 26.0. The van der Waals surface area contributed by atoms with Crippen molar-refractivity contribution < 1.29 is 14.7 Å². The zero-order valence-corrected chi connectivity index (χ0v) is 9.79. The normalized spacial score (nSPS) is 12.1. The van der Waals surface area contributed by atoms with Gasteiger partial charge in [-0.25, -0.2) is 4.98 Å². The fourth-order valence-corrected chi connectivity index (χ4v) is 1.82. The maximum absolute atomic E-state index is 11.4. The van der Waals surface area contributed by atoms with E-state index in [1.54, 1.807) is 18.5 Å². The van der Waals surface area contributed by atoms with Gasteiger partial charge in [0.2, 0.25) is 5.91 Å². The van der Waals surface area contributed by atoms with Crippen molar-refractivity contribution in [2.24, 2.45) is 5.92 Å². The first-order chi connectivity index (χ1) is 7.63. The summed E-state index contributed by atoms with van der Waals surface area (Å²) in [6.07, 6.45) is 2.72. The molecule has 0 radical (unpaired) electrons. The molecule has 1 atom stereocenters. The number of aromatic nitrogens is 1. The molecule has 0 saturated heterocycles. The van der Waals surface area contributed by atoms with Crippen LogP contribution in [-0.4, -0.2) is 22.0 Å². The van der Waals surface area contributed by atoms with Crippen molar-refractivity contribution in [1.29, 1.82) is 0 Å². The van der Waals surface area contributed by atoms with Gasteiger partial charge in [0.25, 0.3) is 0 Å². The highest BCUT2D eigenvalue weighted by molar-refractivity contribution is 7.13. The summed E-state index contributed by atoms with van der Waals surface area (Å²) in [5, 5.41) is 13.7. The third-order valence-corrected chi connectivity index (χ3v) is 2.93. The second kappa shape index (κ2) is 6.22. The summed E-state index contributed by atoms with van der Waals surface area (Å²) in [5.41, 5.74) is 0. The van der Waals surface area contributed by atoms with Crippen LogP contribution in [0.3, 0.4) is 0 Å². The number of thiazole rings is 1. The predicted molar refractivity (Wildman–Crippen MR) is 61.4 cm³/mol. The van der Waals surface area contributed by atoms with E-state index < -0.39 is 11.9 Å². The molecule has 0 unspecified atom stereocenters. The lowest BCUT2D eigenvalue weighted by Gasteiger charge is -2.08. The van der Waals surface area contributed by atoms with Gasteiger partial charge in [-0.15, -0.1) is 11.3 Å². The molecule has 1 rings (SSSR count). The standard InChI is InChI=1S/C10H14N2O3S/c1-2-7(9(14)15)3-4-8(13)12-10-11-5-6-16-10/h5-7H,2-4H2,1H3,(H,14,15)(H,11,12,13)/t7-/m0/s1. The fourth-order valence-electron chi connectivity index (χ4n) is 1.27. The van der Waals surface area contributed by atoms with E-state index in [1.807, 2.05) is 0 Å². The van der Waals surface area contributed by atoms with Gasteiger partial charge < -0.3 is 10.4 Å². The molecule has 0 aliphatic carbocycles. The molecular formula is C10H14N2O3S. The summed E-state index contributed by atoms with van der Waals surface area (Å²) in [7, 11) is 0. The van der Waals surface area contributed by atoms with Gasteiger partial charge in [-0.3, -0.25) is 9.59 Å². The molecule has 88 valence electrons. The highest BCUT2D eigenvalue weighted by atomic mass is 32.1. The number of hydrogen-bond donors (Lipinski definition) is 2. The van der Waals surface area contributed by atoms with Gasteiger partial charge in [0, 0.05) is 18.0 Å². The Bertz CT molecular complexity index is 351. The first-order valence-electron chi connectivity index (χ1n) is 5.05. The Morgan fingerprint density at radius 1 is 1.62 bits per heavy atom. The minimum absolute atomic E-state index is 0.186. The minimum atomic E-state index is -0.843. The number of carbonyl (C=O) groups excluding carboxylic acids is 1. The van der Waals surface area contributed by atoms with E-state index in [4.69, 9.17) is 5.11 Å². The first kappa shape index (κ1) is 12.6. The monoisotopic (exact) mass is 242 g/mol. The van der Waals surface area contributed by atoms with E-state index in [9.17, 15) is 9.59 Å². The number of hydrogen-bond acceptors (Lipinski definition) is 4. The number of amides is 1. The lowest BCUT2D eigenvalue weighted by Crippen LogP contribution is -2.17. The van der Waals surface area contributed by atoms with E-state index in [-0.39, 0.29) is 12.3 Å². The van der Waals surface area contributed by atoms with E-state index in [0.29, 0.717) is 18.0 Å². The summed E-state index contributed by atoms with van der Waals surface area (Å²) < 4.78 is 0. The van der Waals surface area contributed by atoms with Crippen LogP contribution < -0.4 is 5.32 Å². The largest absolute Gasteiger partial charge is 0.481 e. The van der Waals surface area contributed by atoms with Crippen LogP contribution in [0.25, 0.3) is 0 Å². The quantitative estimate of drug-likeness (QED) is 0.799. The molecule has 0 saturated carbocycles. The van der Waals surface area contributed by atoms with Gasteiger partial charge in [-0.1, -0.05) is 6.92 Å². The Hall–Kier alpha value is -1.43. The number of rotatable bonds is 6. The molecule has 0 bridgehead atoms. The zero-order valence-electron chi connectivity index (χ0n) is 8.97. The van der Waals surface area contributed by atoms with Crippen LogP contribution in [0.5, 0.6) is 0 Å². The van der Waals surface area contributed by atoms with E-state index >= 15 is 0 Å². The second-order valence-corrected chi connectivity index (χ2v) is 4.26. The topological polar surface area (TPSA) is 79.3 Å². The average Bonchev–Trinajstić information content (AvgIpc) is 2.70. The number of anilines is 1. The third-order valence-electron chi connectivity index (χ3n) is 2.24. The summed E-state index contributed by atoms with van der Waals surface area (Å²) in [6, 6.07) is 0. The lowest BCUT2D eigenvalue weighted by atomic mass is 10.0. The molecule has 0 aliphatic heterocycles. The number of aliphatic carboxylic acids is 1. The van der Waals surface area contributed by atoms with Crippen molar-refractivity contribution >= 4 is 28.3 Å². The van der Waals surface area contributed by atoms with Crippen LogP contribution in [0, 0.1) is 5.92 Å². The fraction of sp³-hybridized carbons (Fsp3) is 0.500. The molecule has 1 aromatic rings. The molecule has 1 amide bonds. The van der Waals surface area contributed by atoms with Crippen molar-refractivity contribution in [1.82, 2.24) is 4.98 Å². The Labute approximate surface area is 97.5 Å². The minimum Gasteiger partial charge on any atom is -0.481 e. The van der Waals surface area contributed by atoms with Gasteiger partial charge in [0.15, 0.2) is 5.13 Å². The third kappa shape index (κ3) is 3.98. The van der Waals surface area contributed by atoms with Crippen LogP contribution in [0.4, 0.5) is 5.13 Å². The molecule has 6 heteroatoms. The smallest absolute Gasteiger partial charge is 0.306 e. The maximum atomic E-state index is 11.4. The van der Waals surface area contributed by atoms with Gasteiger partial charge in [-0.2, -0.15) is 0 Å². The SMILES string of the molecule is CC[C@@H](CCC(=O)Nc1nccs1)C(=O)O. The number of nitrogens with zero attached hydrogens (tertiary/aromatic N) is 1. The number of carbonyl (C=O) groups is 2. The van der Waals surface area contributed by atoms with E-state index in [2.05, 4.69) is 10.3 Å². The van der Waals surface area contributed by atoms with Gasteiger partial charge in [-0.05, 0) is 12.8 Å². The van der Waals surface area contributed by atoms with Gasteiger partial charge >= 0.3 is 5.97 Å². The Balaban J connectivity index is 2.32. The zero-order chi connectivity index (χ0) is 12.0. The summed E-state index contributed by atoms with van der Waals surface area (Å²) >= 11 is 1.34. The van der Waals surface area contributed by atoms with Gasteiger partial charge in [0.05, 0.1) is 5.92 Å². The molecule has 0 fully saturated rings. The number of carboxylic acids is 1. The van der Waals surface area contributed by atoms with E-state index in [1.165, 1.54) is 11.3 Å². The Morgan fingerprint density at radius 3 is 2.88 bits per heavy atom. The molecule has 2 N–H and O–H groups in total. The van der Waals surface area contributed by atoms with Crippen molar-refractivity contribution in [3.63, 3.8) is 0 Å². The molecule has 1 heterocycles. The molecule has 0 aromatic carbocycles. The first-order valence-corrected chi connectivity index (χ1v) is 5.93.